The van der Waals surface area contributed by atoms with Crippen LogP contribution in [0.15, 0.2) is 78.9 Å². The van der Waals surface area contributed by atoms with E-state index in [-0.39, 0.29) is 11.3 Å². The highest BCUT2D eigenvalue weighted by molar-refractivity contribution is 6.31. The topological polar surface area (TPSA) is 66.4 Å². The Morgan fingerprint density at radius 1 is 0.926 bits per heavy atom. The van der Waals surface area contributed by atoms with E-state index in [4.69, 9.17) is 16.7 Å². The smallest absolute Gasteiger partial charge is 0.335 e. The van der Waals surface area contributed by atoms with Gasteiger partial charge in [0.25, 0.3) is 0 Å². The highest BCUT2D eigenvalue weighted by Crippen LogP contribution is 2.25. The van der Waals surface area contributed by atoms with Gasteiger partial charge in [-0.05, 0) is 54.1 Å². The number of anilines is 2. The van der Waals surface area contributed by atoms with Gasteiger partial charge in [-0.1, -0.05) is 48.0 Å². The molecule has 0 radical (unpaired) electrons. The molecule has 0 spiro atoms. The zero-order valence-corrected chi connectivity index (χ0v) is 15.0. The molecule has 0 bridgehead atoms. The Bertz CT molecular complexity index is 996. The van der Waals surface area contributed by atoms with Crippen LogP contribution in [0.2, 0.25) is 5.02 Å². The van der Waals surface area contributed by atoms with E-state index in [0.29, 0.717) is 16.3 Å². The number of carboxylic acids is 1. The molecule has 27 heavy (non-hydrogen) atoms. The number of hydrogen-bond acceptors (Lipinski definition) is 3. The van der Waals surface area contributed by atoms with Gasteiger partial charge in [0.1, 0.15) is 0 Å². The number of rotatable bonds is 6. The van der Waals surface area contributed by atoms with Crippen LogP contribution in [-0.4, -0.2) is 16.9 Å². The second-order valence-electron chi connectivity index (χ2n) is 5.81. The summed E-state index contributed by atoms with van der Waals surface area (Å²) in [5.41, 5.74) is 2.89. The number of aromatic carboxylic acids is 1. The van der Waals surface area contributed by atoms with Crippen LogP contribution in [0.4, 0.5) is 11.4 Å². The molecular weight excluding hydrogens is 362 g/mol. The van der Waals surface area contributed by atoms with E-state index in [0.717, 1.165) is 11.3 Å². The molecule has 4 nitrogen and oxygen atoms in total. The summed E-state index contributed by atoms with van der Waals surface area (Å²) >= 11 is 6.08. The first-order valence-corrected chi connectivity index (χ1v) is 8.58. The lowest BCUT2D eigenvalue weighted by atomic mass is 10.1. The Hall–Kier alpha value is -3.37. The average Bonchev–Trinajstić information content (AvgIpc) is 2.67. The summed E-state index contributed by atoms with van der Waals surface area (Å²) in [7, 11) is 0. The van der Waals surface area contributed by atoms with Gasteiger partial charge in [-0.3, -0.25) is 4.79 Å². The van der Waals surface area contributed by atoms with Crippen molar-refractivity contribution >= 4 is 40.8 Å². The Morgan fingerprint density at radius 2 is 1.63 bits per heavy atom. The molecule has 3 rings (SSSR count). The lowest BCUT2D eigenvalue weighted by Gasteiger charge is -2.11. The highest BCUT2D eigenvalue weighted by Gasteiger charge is 2.10. The van der Waals surface area contributed by atoms with Gasteiger partial charge in [0.15, 0.2) is 5.78 Å². The maximum Gasteiger partial charge on any atom is 0.335 e. The van der Waals surface area contributed by atoms with E-state index in [1.165, 1.54) is 18.2 Å². The quantitative estimate of drug-likeness (QED) is 0.428. The zero-order chi connectivity index (χ0) is 19.2. The number of carbonyl (C=O) groups excluding carboxylic acids is 1. The fraction of sp³-hybridized carbons (Fsp3) is 0. The largest absolute Gasteiger partial charge is 0.478 e. The number of carbonyl (C=O) groups is 2. The molecule has 0 atom stereocenters. The molecule has 3 aromatic carbocycles. The molecule has 0 aliphatic carbocycles. The van der Waals surface area contributed by atoms with Crippen molar-refractivity contribution in [3.8, 4) is 0 Å². The third kappa shape index (κ3) is 4.84. The Morgan fingerprint density at radius 3 is 2.30 bits per heavy atom. The number of halogens is 1. The summed E-state index contributed by atoms with van der Waals surface area (Å²) in [4.78, 5) is 23.5. The number of para-hydroxylation sites is 1. The van der Waals surface area contributed by atoms with Crippen molar-refractivity contribution in [3.63, 3.8) is 0 Å². The minimum atomic E-state index is -0.987. The van der Waals surface area contributed by atoms with E-state index in [2.05, 4.69) is 5.32 Å². The van der Waals surface area contributed by atoms with E-state index < -0.39 is 5.97 Å². The van der Waals surface area contributed by atoms with Gasteiger partial charge in [-0.15, -0.1) is 0 Å². The normalized spacial score (nSPS) is 10.7. The van der Waals surface area contributed by atoms with Gasteiger partial charge in [-0.25, -0.2) is 4.79 Å². The van der Waals surface area contributed by atoms with Crippen LogP contribution in [0.5, 0.6) is 0 Å². The molecule has 0 aliphatic rings. The van der Waals surface area contributed by atoms with Gasteiger partial charge >= 0.3 is 5.97 Å². The number of allylic oxidation sites excluding steroid dienone is 1. The fourth-order valence-corrected chi connectivity index (χ4v) is 2.68. The average molecular weight is 378 g/mol. The summed E-state index contributed by atoms with van der Waals surface area (Å²) in [5, 5.41) is 12.7. The maximum absolute atomic E-state index is 12.7. The van der Waals surface area contributed by atoms with Gasteiger partial charge in [0, 0.05) is 16.3 Å². The standard InChI is InChI=1S/C22H16ClNO3/c23-17-11-12-19(20(14-17)24-18-4-2-1-3-5-18)21(25)13-8-15-6-9-16(10-7-15)22(26)27/h1-14,24H,(H,26,27). The molecule has 0 aromatic heterocycles. The monoisotopic (exact) mass is 377 g/mol. The third-order valence-corrected chi connectivity index (χ3v) is 4.12. The molecule has 5 heteroatoms. The van der Waals surface area contributed by atoms with Crippen LogP contribution in [0.1, 0.15) is 26.3 Å². The Kier molecular flexibility index (Phi) is 5.69. The minimum Gasteiger partial charge on any atom is -0.478 e. The lowest BCUT2D eigenvalue weighted by molar-refractivity contribution is 0.0696. The Balaban J connectivity index is 1.82. The molecule has 3 aromatic rings. The Labute approximate surface area is 161 Å². The van der Waals surface area contributed by atoms with E-state index in [1.54, 1.807) is 36.4 Å². The van der Waals surface area contributed by atoms with Gasteiger partial charge in [0.05, 0.1) is 11.3 Å². The molecule has 0 amide bonds. The van der Waals surface area contributed by atoms with Crippen LogP contribution in [-0.2, 0) is 0 Å². The van der Waals surface area contributed by atoms with Crippen LogP contribution in [0, 0.1) is 0 Å². The maximum atomic E-state index is 12.7. The zero-order valence-electron chi connectivity index (χ0n) is 14.2. The van der Waals surface area contributed by atoms with Crippen molar-refractivity contribution in [2.75, 3.05) is 5.32 Å². The van der Waals surface area contributed by atoms with Gasteiger partial charge in [0.2, 0.25) is 0 Å². The lowest BCUT2D eigenvalue weighted by Crippen LogP contribution is -2.01. The molecule has 0 fully saturated rings. The SMILES string of the molecule is O=C(O)c1ccc(C=CC(=O)c2ccc(Cl)cc2Nc2ccccc2)cc1. The second-order valence-corrected chi connectivity index (χ2v) is 6.24. The summed E-state index contributed by atoms with van der Waals surface area (Å²) in [6.07, 6.45) is 3.10. The summed E-state index contributed by atoms with van der Waals surface area (Å²) in [6.45, 7) is 0. The third-order valence-electron chi connectivity index (χ3n) is 3.88. The van der Waals surface area contributed by atoms with Crippen LogP contribution in [0.3, 0.4) is 0 Å². The number of ketones is 1. The molecule has 0 saturated heterocycles. The van der Waals surface area contributed by atoms with Crippen molar-refractivity contribution in [2.45, 2.75) is 0 Å². The van der Waals surface area contributed by atoms with Crippen molar-refractivity contribution in [1.82, 2.24) is 0 Å². The predicted octanol–water partition coefficient (Wildman–Crippen LogP) is 5.68. The fourth-order valence-electron chi connectivity index (χ4n) is 2.51. The predicted molar refractivity (Wildman–Crippen MR) is 108 cm³/mol. The van der Waals surface area contributed by atoms with E-state index >= 15 is 0 Å². The number of carboxylic acid groups (broad SMARTS) is 1. The van der Waals surface area contributed by atoms with Gasteiger partial charge in [-0.2, -0.15) is 0 Å². The number of benzene rings is 3. The highest BCUT2D eigenvalue weighted by atomic mass is 35.5. The van der Waals surface area contributed by atoms with Crippen molar-refractivity contribution in [2.24, 2.45) is 0 Å². The molecule has 0 unspecified atom stereocenters. The summed E-state index contributed by atoms with van der Waals surface area (Å²) in [6, 6.07) is 20.8. The van der Waals surface area contributed by atoms with Crippen LogP contribution in [0.25, 0.3) is 6.08 Å². The van der Waals surface area contributed by atoms with Crippen molar-refractivity contribution < 1.29 is 14.7 Å². The first kappa shape index (κ1) is 18.4. The first-order chi connectivity index (χ1) is 13.0. The van der Waals surface area contributed by atoms with Crippen molar-refractivity contribution in [1.29, 1.82) is 0 Å². The van der Waals surface area contributed by atoms with E-state index in [9.17, 15) is 9.59 Å². The van der Waals surface area contributed by atoms with E-state index in [1.807, 2.05) is 30.3 Å². The molecule has 0 aliphatic heterocycles. The van der Waals surface area contributed by atoms with Crippen LogP contribution >= 0.6 is 11.6 Å². The summed E-state index contributed by atoms with van der Waals surface area (Å²) in [5.74, 6) is -1.17. The molecule has 0 heterocycles. The molecular formula is C22H16ClNO3. The number of nitrogens with one attached hydrogen (secondary N) is 1. The molecule has 0 saturated carbocycles. The van der Waals surface area contributed by atoms with Crippen molar-refractivity contribution in [3.05, 3.63) is 101 Å². The van der Waals surface area contributed by atoms with Gasteiger partial charge < -0.3 is 10.4 Å². The molecule has 134 valence electrons. The second kappa shape index (κ2) is 8.34. The minimum absolute atomic E-state index is 0.188. The molecule has 2 N–H and O–H groups in total. The summed E-state index contributed by atoms with van der Waals surface area (Å²) < 4.78 is 0. The first-order valence-electron chi connectivity index (χ1n) is 8.20. The van der Waals surface area contributed by atoms with Crippen LogP contribution < -0.4 is 5.32 Å². The number of hydrogen-bond donors (Lipinski definition) is 2.